The van der Waals surface area contributed by atoms with Crippen LogP contribution in [0.3, 0.4) is 0 Å². The minimum atomic E-state index is -4.93. The van der Waals surface area contributed by atoms with Crippen molar-refractivity contribution in [1.29, 1.82) is 0 Å². The molecule has 118 valence electrons. The molecular formula is C12H11F6NO2. The van der Waals surface area contributed by atoms with Crippen molar-refractivity contribution in [3.05, 3.63) is 34.9 Å². The molecule has 0 fully saturated rings. The smallest absolute Gasteiger partial charge is 0.416 e. The highest BCUT2D eigenvalue weighted by atomic mass is 19.4. The van der Waals surface area contributed by atoms with Crippen molar-refractivity contribution in [3.63, 3.8) is 0 Å². The number of benzene rings is 1. The van der Waals surface area contributed by atoms with Crippen molar-refractivity contribution < 1.29 is 36.2 Å². The first-order valence-electron chi connectivity index (χ1n) is 5.71. The molecule has 1 aromatic rings. The molecule has 0 saturated carbocycles. The molecule has 0 spiro atoms. The second kappa shape index (κ2) is 6.33. The first kappa shape index (κ1) is 17.3. The Labute approximate surface area is 115 Å². The topological polar surface area (TPSA) is 49.3 Å². The number of carboxylic acids is 1. The summed E-state index contributed by atoms with van der Waals surface area (Å²) >= 11 is 0. The zero-order chi connectivity index (χ0) is 16.3. The van der Waals surface area contributed by atoms with Gasteiger partial charge in [-0.15, -0.1) is 0 Å². The van der Waals surface area contributed by atoms with Crippen LogP contribution in [-0.4, -0.2) is 17.6 Å². The van der Waals surface area contributed by atoms with Gasteiger partial charge in [-0.25, -0.2) is 0 Å². The SMILES string of the molecule is O=C(O)CCNCc1ccc(C(F)(F)F)cc1C(F)(F)F. The highest BCUT2D eigenvalue weighted by molar-refractivity contribution is 5.66. The Hall–Kier alpha value is -1.77. The van der Waals surface area contributed by atoms with Crippen LogP contribution >= 0.6 is 0 Å². The van der Waals surface area contributed by atoms with Gasteiger partial charge >= 0.3 is 18.3 Å². The summed E-state index contributed by atoms with van der Waals surface area (Å²) in [6.45, 7) is -0.464. The number of alkyl halides is 6. The van der Waals surface area contributed by atoms with Gasteiger partial charge in [0.25, 0.3) is 0 Å². The van der Waals surface area contributed by atoms with E-state index in [9.17, 15) is 31.1 Å². The van der Waals surface area contributed by atoms with Crippen LogP contribution in [0.5, 0.6) is 0 Å². The van der Waals surface area contributed by atoms with Gasteiger partial charge in [-0.2, -0.15) is 26.3 Å². The molecule has 0 radical (unpaired) electrons. The summed E-state index contributed by atoms with van der Waals surface area (Å²) in [4.78, 5) is 10.2. The fourth-order valence-corrected chi connectivity index (χ4v) is 1.59. The standard InChI is InChI=1S/C12H11F6NO2/c13-11(14,15)8-2-1-7(6-19-4-3-10(20)21)9(5-8)12(16,17)18/h1-2,5,19H,3-4,6H2,(H,20,21). The minimum absolute atomic E-state index is 0.0498. The molecule has 3 nitrogen and oxygen atoms in total. The van der Waals surface area contributed by atoms with E-state index < -0.39 is 29.4 Å². The fourth-order valence-electron chi connectivity index (χ4n) is 1.59. The maximum Gasteiger partial charge on any atom is 0.416 e. The van der Waals surface area contributed by atoms with E-state index in [1.165, 1.54) is 0 Å². The molecule has 0 atom stereocenters. The highest BCUT2D eigenvalue weighted by Crippen LogP contribution is 2.37. The van der Waals surface area contributed by atoms with E-state index in [1.807, 2.05) is 0 Å². The number of carbonyl (C=O) groups is 1. The summed E-state index contributed by atoms with van der Waals surface area (Å²) in [5.74, 6) is -1.13. The van der Waals surface area contributed by atoms with Gasteiger partial charge in [0, 0.05) is 13.1 Å². The van der Waals surface area contributed by atoms with E-state index in [0.29, 0.717) is 6.07 Å². The van der Waals surface area contributed by atoms with Gasteiger partial charge in [0.05, 0.1) is 17.5 Å². The molecule has 0 bridgehead atoms. The Bertz CT molecular complexity index is 509. The zero-order valence-corrected chi connectivity index (χ0v) is 10.5. The van der Waals surface area contributed by atoms with Crippen LogP contribution < -0.4 is 5.32 Å². The zero-order valence-electron chi connectivity index (χ0n) is 10.5. The summed E-state index contributed by atoms with van der Waals surface area (Å²) < 4.78 is 75.6. The first-order chi connectivity index (χ1) is 9.51. The Morgan fingerprint density at radius 3 is 2.19 bits per heavy atom. The molecule has 2 N–H and O–H groups in total. The predicted molar refractivity (Wildman–Crippen MR) is 60.4 cm³/mol. The van der Waals surface area contributed by atoms with E-state index in [4.69, 9.17) is 5.11 Å². The summed E-state index contributed by atoms with van der Waals surface area (Å²) in [6.07, 6.45) is -10.1. The first-order valence-corrected chi connectivity index (χ1v) is 5.71. The van der Waals surface area contributed by atoms with Crippen LogP contribution in [0.1, 0.15) is 23.1 Å². The summed E-state index contributed by atoms with van der Waals surface area (Å²) in [5.41, 5.74) is -3.15. The average molecular weight is 315 g/mol. The van der Waals surface area contributed by atoms with Crippen LogP contribution in [0.25, 0.3) is 0 Å². The number of nitrogens with one attached hydrogen (secondary N) is 1. The summed E-state index contributed by atoms with van der Waals surface area (Å²) in [6, 6.07) is 1.34. The lowest BCUT2D eigenvalue weighted by Gasteiger charge is -2.16. The van der Waals surface area contributed by atoms with E-state index in [-0.39, 0.29) is 31.1 Å². The number of carboxylic acid groups (broad SMARTS) is 1. The Morgan fingerprint density at radius 1 is 1.10 bits per heavy atom. The summed E-state index contributed by atoms with van der Waals surface area (Å²) in [5, 5.41) is 10.8. The molecule has 0 unspecified atom stereocenters. The van der Waals surface area contributed by atoms with Gasteiger partial charge in [0.15, 0.2) is 0 Å². The van der Waals surface area contributed by atoms with Crippen molar-refractivity contribution in [2.75, 3.05) is 6.54 Å². The van der Waals surface area contributed by atoms with Gasteiger partial charge in [-0.3, -0.25) is 4.79 Å². The molecule has 0 aliphatic heterocycles. The largest absolute Gasteiger partial charge is 0.481 e. The number of halogens is 6. The Morgan fingerprint density at radius 2 is 1.71 bits per heavy atom. The minimum Gasteiger partial charge on any atom is -0.481 e. The highest BCUT2D eigenvalue weighted by Gasteiger charge is 2.37. The molecule has 0 amide bonds. The monoisotopic (exact) mass is 315 g/mol. The maximum atomic E-state index is 12.8. The molecule has 1 aromatic carbocycles. The fraction of sp³-hybridized carbons (Fsp3) is 0.417. The molecule has 1 rings (SSSR count). The quantitative estimate of drug-likeness (QED) is 0.647. The number of hydrogen-bond donors (Lipinski definition) is 2. The third-order valence-corrected chi connectivity index (χ3v) is 2.57. The predicted octanol–water partition coefficient (Wildman–Crippen LogP) is 3.29. The third-order valence-electron chi connectivity index (χ3n) is 2.57. The number of aliphatic carboxylic acids is 1. The maximum absolute atomic E-state index is 12.8. The Kier molecular flexibility index (Phi) is 5.21. The summed E-state index contributed by atoms with van der Waals surface area (Å²) in [7, 11) is 0. The lowest BCUT2D eigenvalue weighted by molar-refractivity contribution is -0.143. The van der Waals surface area contributed by atoms with Crippen LogP contribution in [0, 0.1) is 0 Å². The normalized spacial score (nSPS) is 12.5. The molecule has 9 heteroatoms. The third kappa shape index (κ3) is 5.25. The van der Waals surface area contributed by atoms with Crippen LogP contribution in [0.15, 0.2) is 18.2 Å². The van der Waals surface area contributed by atoms with Gasteiger partial charge in [0.2, 0.25) is 0 Å². The van der Waals surface area contributed by atoms with E-state index >= 15 is 0 Å². The van der Waals surface area contributed by atoms with Crippen molar-refractivity contribution in [3.8, 4) is 0 Å². The molecule has 0 heterocycles. The average Bonchev–Trinajstić information content (AvgIpc) is 2.32. The molecule has 0 aliphatic carbocycles. The van der Waals surface area contributed by atoms with Crippen LogP contribution in [0.4, 0.5) is 26.3 Å². The number of rotatable bonds is 5. The van der Waals surface area contributed by atoms with Gasteiger partial charge in [-0.05, 0) is 17.7 Å². The van der Waals surface area contributed by atoms with E-state index in [1.54, 1.807) is 0 Å². The van der Waals surface area contributed by atoms with Gasteiger partial charge < -0.3 is 10.4 Å². The van der Waals surface area contributed by atoms with Crippen molar-refractivity contribution >= 4 is 5.97 Å². The second-order valence-corrected chi connectivity index (χ2v) is 4.19. The van der Waals surface area contributed by atoms with Crippen molar-refractivity contribution in [2.45, 2.75) is 25.3 Å². The van der Waals surface area contributed by atoms with Crippen LogP contribution in [-0.2, 0) is 23.7 Å². The lowest BCUT2D eigenvalue weighted by atomic mass is 10.0. The van der Waals surface area contributed by atoms with Crippen LogP contribution in [0.2, 0.25) is 0 Å². The molecule has 0 aliphatic rings. The van der Waals surface area contributed by atoms with E-state index in [0.717, 1.165) is 6.07 Å². The van der Waals surface area contributed by atoms with Gasteiger partial charge in [-0.1, -0.05) is 6.07 Å². The lowest BCUT2D eigenvalue weighted by Crippen LogP contribution is -2.21. The van der Waals surface area contributed by atoms with Crippen molar-refractivity contribution in [2.24, 2.45) is 0 Å². The molecule has 0 aromatic heterocycles. The second-order valence-electron chi connectivity index (χ2n) is 4.19. The molecule has 0 saturated heterocycles. The van der Waals surface area contributed by atoms with E-state index in [2.05, 4.69) is 5.32 Å². The number of hydrogen-bond acceptors (Lipinski definition) is 2. The molecular weight excluding hydrogens is 304 g/mol. The van der Waals surface area contributed by atoms with Gasteiger partial charge in [0.1, 0.15) is 0 Å². The van der Waals surface area contributed by atoms with Crippen molar-refractivity contribution in [1.82, 2.24) is 5.32 Å². The Balaban J connectivity index is 2.96. The molecule has 21 heavy (non-hydrogen) atoms.